The molecule has 0 unspecified atom stereocenters. The molecule has 19 heavy (non-hydrogen) atoms. The summed E-state index contributed by atoms with van der Waals surface area (Å²) in [6.45, 7) is 2.56. The molecule has 0 saturated heterocycles. The van der Waals surface area contributed by atoms with Crippen LogP contribution in [0, 0.1) is 0 Å². The van der Waals surface area contributed by atoms with Crippen LogP contribution < -0.4 is 4.74 Å². The lowest BCUT2D eigenvalue weighted by atomic mass is 10.3. The van der Waals surface area contributed by atoms with Crippen molar-refractivity contribution in [1.82, 2.24) is 9.55 Å². The topological polar surface area (TPSA) is 27.1 Å². The van der Waals surface area contributed by atoms with E-state index >= 15 is 0 Å². The Morgan fingerprint density at radius 1 is 1.11 bits per heavy atom. The van der Waals surface area contributed by atoms with Crippen LogP contribution in [0.3, 0.4) is 0 Å². The zero-order chi connectivity index (χ0) is 13.2. The number of halogens is 1. The fourth-order valence-electron chi connectivity index (χ4n) is 2.07. The molecule has 0 atom stereocenters. The fraction of sp³-hybridized carbons (Fsp3) is 0.133. The molecule has 1 aromatic heterocycles. The second-order valence-electron chi connectivity index (χ2n) is 4.13. The average molecular weight is 317 g/mol. The summed E-state index contributed by atoms with van der Waals surface area (Å²) in [7, 11) is 0. The summed E-state index contributed by atoms with van der Waals surface area (Å²) in [4.78, 5) is 4.53. The maximum Gasteiger partial charge on any atom is 0.302 e. The van der Waals surface area contributed by atoms with E-state index < -0.39 is 0 Å². The minimum Gasteiger partial charge on any atom is -0.465 e. The number of fused-ring (bicyclic) bond motifs is 1. The SMILES string of the molecule is CCOc1nc2ccccc2n1-c1ccc(Br)cc1. The Kier molecular flexibility index (Phi) is 3.25. The number of aromatic nitrogens is 2. The molecule has 0 radical (unpaired) electrons. The normalized spacial score (nSPS) is 10.8. The Hall–Kier alpha value is -1.81. The highest BCUT2D eigenvalue weighted by atomic mass is 79.9. The van der Waals surface area contributed by atoms with Crippen molar-refractivity contribution < 1.29 is 4.74 Å². The highest BCUT2D eigenvalue weighted by Crippen LogP contribution is 2.26. The molecule has 0 aliphatic carbocycles. The van der Waals surface area contributed by atoms with E-state index in [0.717, 1.165) is 21.2 Å². The van der Waals surface area contributed by atoms with Crippen molar-refractivity contribution in [2.24, 2.45) is 0 Å². The summed E-state index contributed by atoms with van der Waals surface area (Å²) in [6, 6.07) is 16.8. The summed E-state index contributed by atoms with van der Waals surface area (Å²) in [5.41, 5.74) is 3.03. The minimum absolute atomic E-state index is 0.597. The van der Waals surface area contributed by atoms with E-state index in [1.165, 1.54) is 0 Å². The third kappa shape index (κ3) is 2.24. The Morgan fingerprint density at radius 2 is 1.84 bits per heavy atom. The van der Waals surface area contributed by atoms with Crippen molar-refractivity contribution >= 4 is 27.0 Å². The molecule has 1 heterocycles. The van der Waals surface area contributed by atoms with E-state index in [0.29, 0.717) is 12.6 Å². The van der Waals surface area contributed by atoms with Crippen LogP contribution in [0.2, 0.25) is 0 Å². The first-order valence-corrected chi connectivity index (χ1v) is 6.95. The molecule has 0 spiro atoms. The van der Waals surface area contributed by atoms with Gasteiger partial charge in [0.1, 0.15) is 0 Å². The molecular formula is C15H13BrN2O. The number of hydrogen-bond acceptors (Lipinski definition) is 2. The molecule has 96 valence electrons. The molecular weight excluding hydrogens is 304 g/mol. The average Bonchev–Trinajstić information content (AvgIpc) is 2.78. The summed E-state index contributed by atoms with van der Waals surface area (Å²) >= 11 is 3.45. The smallest absolute Gasteiger partial charge is 0.302 e. The van der Waals surface area contributed by atoms with E-state index in [2.05, 4.69) is 20.9 Å². The van der Waals surface area contributed by atoms with Crippen LogP contribution >= 0.6 is 15.9 Å². The van der Waals surface area contributed by atoms with Gasteiger partial charge in [0.2, 0.25) is 0 Å². The van der Waals surface area contributed by atoms with Crippen LogP contribution in [0.5, 0.6) is 6.01 Å². The lowest BCUT2D eigenvalue weighted by Gasteiger charge is -2.09. The van der Waals surface area contributed by atoms with Crippen molar-refractivity contribution in [2.45, 2.75) is 6.92 Å². The fourth-order valence-corrected chi connectivity index (χ4v) is 2.33. The van der Waals surface area contributed by atoms with E-state index in [1.54, 1.807) is 0 Å². The van der Waals surface area contributed by atoms with Gasteiger partial charge >= 0.3 is 6.01 Å². The van der Waals surface area contributed by atoms with Gasteiger partial charge in [-0.2, -0.15) is 4.98 Å². The number of benzene rings is 2. The van der Waals surface area contributed by atoms with Crippen LogP contribution in [-0.4, -0.2) is 16.2 Å². The standard InChI is InChI=1S/C15H13BrN2O/c1-2-19-15-17-13-5-3-4-6-14(13)18(15)12-9-7-11(16)8-10-12/h3-10H,2H2,1H3. The zero-order valence-electron chi connectivity index (χ0n) is 10.5. The first-order chi connectivity index (χ1) is 9.29. The van der Waals surface area contributed by atoms with E-state index in [4.69, 9.17) is 4.74 Å². The van der Waals surface area contributed by atoms with E-state index in [9.17, 15) is 0 Å². The molecule has 2 aromatic carbocycles. The van der Waals surface area contributed by atoms with Gasteiger partial charge in [0, 0.05) is 4.47 Å². The van der Waals surface area contributed by atoms with E-state index in [1.807, 2.05) is 60.0 Å². The first-order valence-electron chi connectivity index (χ1n) is 6.16. The van der Waals surface area contributed by atoms with Crippen molar-refractivity contribution in [3.63, 3.8) is 0 Å². The largest absolute Gasteiger partial charge is 0.465 e. The molecule has 0 aliphatic heterocycles. The van der Waals surface area contributed by atoms with Crippen molar-refractivity contribution in [3.05, 3.63) is 53.0 Å². The Morgan fingerprint density at radius 3 is 2.58 bits per heavy atom. The first kappa shape index (κ1) is 12.2. The van der Waals surface area contributed by atoms with Crippen LogP contribution in [-0.2, 0) is 0 Å². The summed E-state index contributed by atoms with van der Waals surface area (Å²) < 4.78 is 8.73. The highest BCUT2D eigenvalue weighted by molar-refractivity contribution is 9.10. The number of para-hydroxylation sites is 2. The van der Waals surface area contributed by atoms with Gasteiger partial charge < -0.3 is 4.74 Å². The van der Waals surface area contributed by atoms with Gasteiger partial charge in [0.05, 0.1) is 23.3 Å². The van der Waals surface area contributed by atoms with Gasteiger partial charge in [-0.15, -0.1) is 0 Å². The molecule has 0 fully saturated rings. The maximum atomic E-state index is 5.65. The molecule has 0 aliphatic rings. The number of ether oxygens (including phenoxy) is 1. The predicted octanol–water partition coefficient (Wildman–Crippen LogP) is 4.19. The quantitative estimate of drug-likeness (QED) is 0.724. The summed E-state index contributed by atoms with van der Waals surface area (Å²) in [5.74, 6) is 0. The molecule has 0 bridgehead atoms. The third-order valence-corrected chi connectivity index (χ3v) is 3.42. The van der Waals surface area contributed by atoms with Gasteiger partial charge in [-0.25, -0.2) is 0 Å². The Labute approximate surface area is 120 Å². The molecule has 0 saturated carbocycles. The molecule has 3 nitrogen and oxygen atoms in total. The van der Waals surface area contributed by atoms with Crippen LogP contribution in [0.4, 0.5) is 0 Å². The maximum absolute atomic E-state index is 5.65. The monoisotopic (exact) mass is 316 g/mol. The van der Waals surface area contributed by atoms with E-state index in [-0.39, 0.29) is 0 Å². The molecule has 4 heteroatoms. The molecule has 0 amide bonds. The number of hydrogen-bond donors (Lipinski definition) is 0. The van der Waals surface area contributed by atoms with Crippen molar-refractivity contribution in [3.8, 4) is 11.7 Å². The molecule has 3 rings (SSSR count). The van der Waals surface area contributed by atoms with Gasteiger partial charge in [-0.1, -0.05) is 28.1 Å². The lowest BCUT2D eigenvalue weighted by molar-refractivity contribution is 0.309. The van der Waals surface area contributed by atoms with Crippen molar-refractivity contribution in [1.29, 1.82) is 0 Å². The van der Waals surface area contributed by atoms with Crippen LogP contribution in [0.15, 0.2) is 53.0 Å². The van der Waals surface area contributed by atoms with Crippen molar-refractivity contribution in [2.75, 3.05) is 6.61 Å². The molecule has 3 aromatic rings. The highest BCUT2D eigenvalue weighted by Gasteiger charge is 2.12. The summed E-state index contributed by atoms with van der Waals surface area (Å²) in [5, 5.41) is 0. The minimum atomic E-state index is 0.597. The third-order valence-electron chi connectivity index (χ3n) is 2.89. The number of rotatable bonds is 3. The lowest BCUT2D eigenvalue weighted by Crippen LogP contribution is -2.01. The Balaban J connectivity index is 2.24. The number of imidazole rings is 1. The van der Waals surface area contributed by atoms with Gasteiger partial charge in [0.15, 0.2) is 0 Å². The second kappa shape index (κ2) is 5.05. The number of nitrogens with zero attached hydrogens (tertiary/aromatic N) is 2. The van der Waals surface area contributed by atoms with Crippen LogP contribution in [0.25, 0.3) is 16.7 Å². The van der Waals surface area contributed by atoms with Gasteiger partial charge in [-0.05, 0) is 43.3 Å². The van der Waals surface area contributed by atoms with Gasteiger partial charge in [-0.3, -0.25) is 4.57 Å². The molecule has 0 N–H and O–H groups in total. The van der Waals surface area contributed by atoms with Gasteiger partial charge in [0.25, 0.3) is 0 Å². The summed E-state index contributed by atoms with van der Waals surface area (Å²) in [6.07, 6.45) is 0. The Bertz CT molecular complexity index is 704. The second-order valence-corrected chi connectivity index (χ2v) is 5.04. The van der Waals surface area contributed by atoms with Crippen LogP contribution in [0.1, 0.15) is 6.92 Å². The zero-order valence-corrected chi connectivity index (χ0v) is 12.1. The predicted molar refractivity (Wildman–Crippen MR) is 79.9 cm³/mol.